The zero-order chi connectivity index (χ0) is 13.9. The van der Waals surface area contributed by atoms with E-state index in [9.17, 15) is 4.39 Å². The van der Waals surface area contributed by atoms with Crippen molar-refractivity contribution in [3.05, 3.63) is 35.1 Å². The van der Waals surface area contributed by atoms with Crippen molar-refractivity contribution in [2.24, 2.45) is 5.73 Å². The fourth-order valence-electron chi connectivity index (χ4n) is 1.67. The molecule has 0 saturated carbocycles. The minimum Gasteiger partial charge on any atom is -0.389 e. The second-order valence-corrected chi connectivity index (χ2v) is 5.63. The van der Waals surface area contributed by atoms with E-state index < -0.39 is 0 Å². The Morgan fingerprint density at radius 1 is 1.44 bits per heavy atom. The predicted molar refractivity (Wildman–Crippen MR) is 78.1 cm³/mol. The minimum absolute atomic E-state index is 0.0554. The van der Waals surface area contributed by atoms with E-state index in [0.29, 0.717) is 11.5 Å². The number of nitrogens with two attached hydrogens (primary N) is 1. The summed E-state index contributed by atoms with van der Waals surface area (Å²) in [7, 11) is 2.03. The summed E-state index contributed by atoms with van der Waals surface area (Å²) in [5.41, 5.74) is 7.32. The molecule has 18 heavy (non-hydrogen) atoms. The molecule has 0 heterocycles. The predicted octanol–water partition coefficient (Wildman–Crippen LogP) is 3.08. The van der Waals surface area contributed by atoms with Crippen LogP contribution in [0.2, 0.25) is 0 Å². The number of benzene rings is 1. The maximum Gasteiger partial charge on any atom is 0.123 e. The first-order valence-corrected chi connectivity index (χ1v) is 6.48. The summed E-state index contributed by atoms with van der Waals surface area (Å²) in [6, 6.07) is 4.56. The molecule has 0 aromatic heterocycles. The van der Waals surface area contributed by atoms with Gasteiger partial charge in [-0.3, -0.25) is 4.90 Å². The van der Waals surface area contributed by atoms with Crippen LogP contribution in [-0.2, 0) is 6.54 Å². The first-order chi connectivity index (χ1) is 8.27. The van der Waals surface area contributed by atoms with E-state index in [4.69, 9.17) is 18.0 Å². The zero-order valence-corrected chi connectivity index (χ0v) is 12.3. The Balaban J connectivity index is 3.03. The third-order valence-electron chi connectivity index (χ3n) is 3.64. The molecule has 0 saturated heterocycles. The Morgan fingerprint density at radius 2 is 2.06 bits per heavy atom. The number of hydrogen-bond acceptors (Lipinski definition) is 2. The first kappa shape index (κ1) is 15.1. The average molecular weight is 268 g/mol. The number of hydrogen-bond donors (Lipinski definition) is 1. The van der Waals surface area contributed by atoms with E-state index in [0.717, 1.165) is 17.5 Å². The Kier molecular flexibility index (Phi) is 4.82. The number of thiocarbonyl (C=S) groups is 1. The van der Waals surface area contributed by atoms with Crippen molar-refractivity contribution in [3.8, 4) is 0 Å². The molecule has 0 atom stereocenters. The molecular formula is C14H21FN2S. The Bertz CT molecular complexity index is 443. The molecule has 2 N–H and O–H groups in total. The maximum atomic E-state index is 13.3. The van der Waals surface area contributed by atoms with Gasteiger partial charge in [0.1, 0.15) is 10.8 Å². The van der Waals surface area contributed by atoms with Crippen molar-refractivity contribution in [2.45, 2.75) is 39.3 Å². The molecule has 100 valence electrons. The molecular weight excluding hydrogens is 247 g/mol. The molecule has 1 rings (SSSR count). The van der Waals surface area contributed by atoms with E-state index in [-0.39, 0.29) is 11.4 Å². The molecule has 0 radical (unpaired) electrons. The topological polar surface area (TPSA) is 29.3 Å². The van der Waals surface area contributed by atoms with Crippen LogP contribution in [0.25, 0.3) is 0 Å². The van der Waals surface area contributed by atoms with Crippen LogP contribution in [0.1, 0.15) is 38.3 Å². The van der Waals surface area contributed by atoms with Crippen molar-refractivity contribution in [1.82, 2.24) is 4.90 Å². The van der Waals surface area contributed by atoms with Crippen molar-refractivity contribution >= 4 is 17.2 Å². The van der Waals surface area contributed by atoms with Crippen molar-refractivity contribution in [1.29, 1.82) is 0 Å². The van der Waals surface area contributed by atoms with Crippen LogP contribution < -0.4 is 5.73 Å². The van der Waals surface area contributed by atoms with Crippen LogP contribution in [0.3, 0.4) is 0 Å². The van der Waals surface area contributed by atoms with Gasteiger partial charge >= 0.3 is 0 Å². The summed E-state index contributed by atoms with van der Waals surface area (Å²) in [5.74, 6) is -0.257. The van der Waals surface area contributed by atoms with Gasteiger partial charge in [-0.05, 0) is 51.1 Å². The van der Waals surface area contributed by atoms with Crippen LogP contribution in [0.5, 0.6) is 0 Å². The van der Waals surface area contributed by atoms with Crippen LogP contribution in [0, 0.1) is 5.82 Å². The lowest BCUT2D eigenvalue weighted by molar-refractivity contribution is 0.143. The van der Waals surface area contributed by atoms with E-state index in [2.05, 4.69) is 25.7 Å². The fraction of sp³-hybridized carbons (Fsp3) is 0.500. The molecule has 2 nitrogen and oxygen atoms in total. The number of halogens is 1. The molecule has 0 aliphatic carbocycles. The standard InChI is InChI=1S/C14H21FN2S/c1-5-14(2,3)17(4)9-10-8-11(15)6-7-12(10)13(16)18/h6-8H,5,9H2,1-4H3,(H2,16,18). The summed E-state index contributed by atoms with van der Waals surface area (Å²) < 4.78 is 13.3. The van der Waals surface area contributed by atoms with Gasteiger partial charge < -0.3 is 5.73 Å². The van der Waals surface area contributed by atoms with Crippen molar-refractivity contribution in [3.63, 3.8) is 0 Å². The van der Waals surface area contributed by atoms with Gasteiger partial charge in [0.2, 0.25) is 0 Å². The number of rotatable bonds is 5. The Hall–Kier alpha value is -1.00. The van der Waals surface area contributed by atoms with Crippen LogP contribution in [0.4, 0.5) is 4.39 Å². The third kappa shape index (κ3) is 3.50. The van der Waals surface area contributed by atoms with E-state index in [1.54, 1.807) is 6.07 Å². The molecule has 0 bridgehead atoms. The minimum atomic E-state index is -0.257. The van der Waals surface area contributed by atoms with Gasteiger partial charge in [0.05, 0.1) is 0 Å². The van der Waals surface area contributed by atoms with Gasteiger partial charge in [-0.1, -0.05) is 19.1 Å². The molecule has 0 unspecified atom stereocenters. The molecule has 0 aliphatic rings. The van der Waals surface area contributed by atoms with Gasteiger partial charge in [0.25, 0.3) is 0 Å². The lowest BCUT2D eigenvalue weighted by atomic mass is 9.98. The van der Waals surface area contributed by atoms with Crippen molar-refractivity contribution < 1.29 is 4.39 Å². The van der Waals surface area contributed by atoms with Gasteiger partial charge in [-0.2, -0.15) is 0 Å². The number of nitrogens with zero attached hydrogens (tertiary/aromatic N) is 1. The summed E-state index contributed by atoms with van der Waals surface area (Å²) in [5, 5.41) is 0. The van der Waals surface area contributed by atoms with Crippen LogP contribution in [0.15, 0.2) is 18.2 Å². The summed E-state index contributed by atoms with van der Waals surface area (Å²) >= 11 is 5.00. The van der Waals surface area contributed by atoms with Gasteiger partial charge in [0, 0.05) is 17.6 Å². The zero-order valence-electron chi connectivity index (χ0n) is 11.5. The summed E-state index contributed by atoms with van der Waals surface area (Å²) in [6.45, 7) is 7.08. The monoisotopic (exact) mass is 268 g/mol. The largest absolute Gasteiger partial charge is 0.389 e. The van der Waals surface area contributed by atoms with E-state index in [1.807, 2.05) is 7.05 Å². The highest BCUT2D eigenvalue weighted by molar-refractivity contribution is 7.80. The van der Waals surface area contributed by atoms with E-state index >= 15 is 0 Å². The quantitative estimate of drug-likeness (QED) is 0.832. The SMILES string of the molecule is CCC(C)(C)N(C)Cc1cc(F)ccc1C(N)=S. The highest BCUT2D eigenvalue weighted by Crippen LogP contribution is 2.21. The second kappa shape index (κ2) is 5.76. The third-order valence-corrected chi connectivity index (χ3v) is 3.86. The molecule has 0 aliphatic heterocycles. The molecule has 0 amide bonds. The van der Waals surface area contributed by atoms with E-state index in [1.165, 1.54) is 12.1 Å². The molecule has 0 fully saturated rings. The molecule has 4 heteroatoms. The normalized spacial score (nSPS) is 11.9. The lowest BCUT2D eigenvalue weighted by Gasteiger charge is -2.35. The molecule has 1 aromatic rings. The summed E-state index contributed by atoms with van der Waals surface area (Å²) in [6.07, 6.45) is 1.02. The highest BCUT2D eigenvalue weighted by Gasteiger charge is 2.22. The van der Waals surface area contributed by atoms with Gasteiger partial charge in [0.15, 0.2) is 0 Å². The fourth-order valence-corrected chi connectivity index (χ4v) is 1.87. The highest BCUT2D eigenvalue weighted by atomic mass is 32.1. The molecule has 1 aromatic carbocycles. The van der Waals surface area contributed by atoms with Gasteiger partial charge in [-0.25, -0.2) is 4.39 Å². The summed E-state index contributed by atoms with van der Waals surface area (Å²) in [4.78, 5) is 2.50. The van der Waals surface area contributed by atoms with Crippen LogP contribution in [-0.4, -0.2) is 22.5 Å². The first-order valence-electron chi connectivity index (χ1n) is 6.07. The molecule has 0 spiro atoms. The average Bonchev–Trinajstić information content (AvgIpc) is 2.28. The smallest absolute Gasteiger partial charge is 0.123 e. The van der Waals surface area contributed by atoms with Crippen molar-refractivity contribution in [2.75, 3.05) is 7.05 Å². The second-order valence-electron chi connectivity index (χ2n) is 5.19. The lowest BCUT2D eigenvalue weighted by Crippen LogP contribution is -2.40. The Morgan fingerprint density at radius 3 is 2.56 bits per heavy atom. The van der Waals surface area contributed by atoms with Gasteiger partial charge in [-0.15, -0.1) is 0 Å². The van der Waals surface area contributed by atoms with Crippen LogP contribution >= 0.6 is 12.2 Å². The Labute approximate surface area is 114 Å². The maximum absolute atomic E-state index is 13.3.